The van der Waals surface area contributed by atoms with E-state index in [1.165, 1.54) is 6.07 Å². The summed E-state index contributed by atoms with van der Waals surface area (Å²) in [7, 11) is 0. The Morgan fingerprint density at radius 1 is 1.56 bits per heavy atom. The molecule has 1 aliphatic rings. The molecule has 1 aliphatic heterocycles. The summed E-state index contributed by atoms with van der Waals surface area (Å²) in [5, 5.41) is 20.5. The Hall–Kier alpha value is -1.62. The van der Waals surface area contributed by atoms with Crippen molar-refractivity contribution in [2.75, 3.05) is 18.0 Å². The second kappa shape index (κ2) is 4.94. The summed E-state index contributed by atoms with van der Waals surface area (Å²) in [6, 6.07) is 5.16. The van der Waals surface area contributed by atoms with E-state index in [-0.39, 0.29) is 22.6 Å². The molecular formula is C13H18N2O3. The van der Waals surface area contributed by atoms with Crippen LogP contribution in [0.4, 0.5) is 11.4 Å². The molecule has 0 amide bonds. The molecule has 1 heterocycles. The van der Waals surface area contributed by atoms with Gasteiger partial charge in [-0.05, 0) is 26.3 Å². The fourth-order valence-electron chi connectivity index (χ4n) is 2.55. The van der Waals surface area contributed by atoms with Crippen molar-refractivity contribution in [3.05, 3.63) is 33.9 Å². The molecule has 1 saturated heterocycles. The summed E-state index contributed by atoms with van der Waals surface area (Å²) in [6.45, 7) is 5.19. The fourth-order valence-corrected chi connectivity index (χ4v) is 2.55. The van der Waals surface area contributed by atoms with Crippen molar-refractivity contribution in [1.82, 2.24) is 0 Å². The van der Waals surface area contributed by atoms with Crippen LogP contribution in [0.1, 0.15) is 18.9 Å². The number of hydrogen-bond acceptors (Lipinski definition) is 4. The van der Waals surface area contributed by atoms with Crippen LogP contribution in [0, 0.1) is 23.0 Å². The standard InChI is InChI=1S/C13H18N2O3/c1-9-12(4-3-5-13(9)15(17)18)14-7-6-11(8-14)10(2)16/h3-5,10-11,16H,6-8H2,1-2H3. The summed E-state index contributed by atoms with van der Waals surface area (Å²) in [5.74, 6) is 0.253. The zero-order chi connectivity index (χ0) is 13.3. The van der Waals surface area contributed by atoms with Crippen molar-refractivity contribution < 1.29 is 10.0 Å². The van der Waals surface area contributed by atoms with Crippen molar-refractivity contribution in [2.24, 2.45) is 5.92 Å². The van der Waals surface area contributed by atoms with Gasteiger partial charge in [-0.25, -0.2) is 0 Å². The number of rotatable bonds is 3. The normalized spacial score (nSPS) is 21.1. The van der Waals surface area contributed by atoms with Gasteiger partial charge in [0.15, 0.2) is 0 Å². The first-order valence-electron chi connectivity index (χ1n) is 6.17. The smallest absolute Gasteiger partial charge is 0.274 e. The van der Waals surface area contributed by atoms with Crippen molar-refractivity contribution in [2.45, 2.75) is 26.4 Å². The molecule has 5 nitrogen and oxygen atoms in total. The van der Waals surface area contributed by atoms with Crippen molar-refractivity contribution in [3.63, 3.8) is 0 Å². The first-order chi connectivity index (χ1) is 8.50. The second-order valence-electron chi connectivity index (χ2n) is 4.91. The highest BCUT2D eigenvalue weighted by molar-refractivity contribution is 5.61. The summed E-state index contributed by atoms with van der Waals surface area (Å²) in [4.78, 5) is 12.7. The van der Waals surface area contributed by atoms with E-state index in [1.807, 2.05) is 6.07 Å². The lowest BCUT2D eigenvalue weighted by atomic mass is 10.0. The topological polar surface area (TPSA) is 66.6 Å². The van der Waals surface area contributed by atoms with Gasteiger partial charge in [-0.15, -0.1) is 0 Å². The van der Waals surface area contributed by atoms with Crippen LogP contribution in [0.3, 0.4) is 0 Å². The number of benzene rings is 1. The summed E-state index contributed by atoms with van der Waals surface area (Å²) >= 11 is 0. The lowest BCUT2D eigenvalue weighted by Crippen LogP contribution is -2.24. The Morgan fingerprint density at radius 3 is 2.83 bits per heavy atom. The molecule has 5 heteroatoms. The second-order valence-corrected chi connectivity index (χ2v) is 4.91. The number of anilines is 1. The quantitative estimate of drug-likeness (QED) is 0.659. The van der Waals surface area contributed by atoms with Crippen LogP contribution < -0.4 is 4.90 Å². The van der Waals surface area contributed by atoms with Crippen LogP contribution in [-0.2, 0) is 0 Å². The van der Waals surface area contributed by atoms with E-state index >= 15 is 0 Å². The molecule has 0 aromatic heterocycles. The predicted octanol–water partition coefficient (Wildman–Crippen LogP) is 2.11. The van der Waals surface area contributed by atoms with Crippen molar-refractivity contribution >= 4 is 11.4 Å². The minimum atomic E-state index is -0.346. The molecule has 2 unspecified atom stereocenters. The Morgan fingerprint density at radius 2 is 2.28 bits per heavy atom. The zero-order valence-corrected chi connectivity index (χ0v) is 10.7. The molecule has 0 radical (unpaired) electrons. The first-order valence-corrected chi connectivity index (χ1v) is 6.17. The molecule has 98 valence electrons. The van der Waals surface area contributed by atoms with Crippen LogP contribution >= 0.6 is 0 Å². The van der Waals surface area contributed by atoms with E-state index in [9.17, 15) is 15.2 Å². The van der Waals surface area contributed by atoms with E-state index < -0.39 is 0 Å². The van der Waals surface area contributed by atoms with E-state index in [2.05, 4.69) is 4.90 Å². The minimum Gasteiger partial charge on any atom is -0.393 e. The molecule has 1 aromatic carbocycles. The maximum Gasteiger partial charge on any atom is 0.274 e. The molecule has 1 N–H and O–H groups in total. The van der Waals surface area contributed by atoms with E-state index in [4.69, 9.17) is 0 Å². The Labute approximate surface area is 106 Å². The van der Waals surface area contributed by atoms with E-state index in [0.29, 0.717) is 5.56 Å². The van der Waals surface area contributed by atoms with Crippen LogP contribution in [0.15, 0.2) is 18.2 Å². The number of nitrogens with zero attached hydrogens (tertiary/aromatic N) is 2. The average Bonchev–Trinajstić information content (AvgIpc) is 2.78. The summed E-state index contributed by atoms with van der Waals surface area (Å²) in [6.07, 6.45) is 0.605. The van der Waals surface area contributed by atoms with Gasteiger partial charge in [0.25, 0.3) is 5.69 Å². The molecule has 1 fully saturated rings. The molecule has 0 aliphatic carbocycles. The van der Waals surface area contributed by atoms with Gasteiger partial charge in [0.2, 0.25) is 0 Å². The average molecular weight is 250 g/mol. The van der Waals surface area contributed by atoms with Crippen molar-refractivity contribution in [1.29, 1.82) is 0 Å². The molecule has 1 aromatic rings. The fraction of sp³-hybridized carbons (Fsp3) is 0.538. The summed E-state index contributed by atoms with van der Waals surface area (Å²) in [5.41, 5.74) is 1.77. The highest BCUT2D eigenvalue weighted by Gasteiger charge is 2.28. The van der Waals surface area contributed by atoms with Gasteiger partial charge >= 0.3 is 0 Å². The lowest BCUT2D eigenvalue weighted by molar-refractivity contribution is -0.385. The monoisotopic (exact) mass is 250 g/mol. The number of aliphatic hydroxyl groups is 1. The SMILES string of the molecule is Cc1c(N2CCC(C(C)O)C2)cccc1[N+](=O)[O-]. The summed E-state index contributed by atoms with van der Waals surface area (Å²) < 4.78 is 0. The van der Waals surface area contributed by atoms with Crippen LogP contribution in [0.5, 0.6) is 0 Å². The third-order valence-electron chi connectivity index (χ3n) is 3.72. The maximum absolute atomic E-state index is 10.9. The first kappa shape index (κ1) is 12.8. The number of aliphatic hydroxyl groups excluding tert-OH is 1. The molecule has 0 bridgehead atoms. The van der Waals surface area contributed by atoms with Crippen LogP contribution in [0.2, 0.25) is 0 Å². The number of nitro benzene ring substituents is 1. The predicted molar refractivity (Wildman–Crippen MR) is 69.8 cm³/mol. The van der Waals surface area contributed by atoms with Gasteiger partial charge in [-0.1, -0.05) is 6.07 Å². The van der Waals surface area contributed by atoms with Gasteiger partial charge in [-0.3, -0.25) is 10.1 Å². The van der Waals surface area contributed by atoms with E-state index in [0.717, 1.165) is 25.2 Å². The van der Waals surface area contributed by atoms with Gasteiger partial charge in [0, 0.05) is 30.8 Å². The molecule has 18 heavy (non-hydrogen) atoms. The third kappa shape index (κ3) is 2.31. The molecule has 2 rings (SSSR count). The highest BCUT2D eigenvalue weighted by atomic mass is 16.6. The molecule has 0 saturated carbocycles. The Bertz CT molecular complexity index is 460. The highest BCUT2D eigenvalue weighted by Crippen LogP contribution is 2.32. The van der Waals surface area contributed by atoms with E-state index in [1.54, 1.807) is 19.9 Å². The van der Waals surface area contributed by atoms with Gasteiger partial charge in [-0.2, -0.15) is 0 Å². The van der Waals surface area contributed by atoms with Gasteiger partial charge in [0.1, 0.15) is 0 Å². The van der Waals surface area contributed by atoms with Crippen LogP contribution in [-0.4, -0.2) is 29.2 Å². The van der Waals surface area contributed by atoms with Crippen LogP contribution in [0.25, 0.3) is 0 Å². The maximum atomic E-state index is 10.9. The van der Waals surface area contributed by atoms with Crippen molar-refractivity contribution in [3.8, 4) is 0 Å². The minimum absolute atomic E-state index is 0.160. The Kier molecular flexibility index (Phi) is 3.52. The number of nitro groups is 1. The largest absolute Gasteiger partial charge is 0.393 e. The molecule has 2 atom stereocenters. The van der Waals surface area contributed by atoms with Gasteiger partial charge in [0.05, 0.1) is 16.6 Å². The Balaban J connectivity index is 2.25. The van der Waals surface area contributed by atoms with Gasteiger partial charge < -0.3 is 10.0 Å². The number of hydrogen-bond donors (Lipinski definition) is 1. The zero-order valence-electron chi connectivity index (χ0n) is 10.7. The molecule has 0 spiro atoms. The lowest BCUT2D eigenvalue weighted by Gasteiger charge is -2.21. The third-order valence-corrected chi connectivity index (χ3v) is 3.72. The molecular weight excluding hydrogens is 232 g/mol.